The van der Waals surface area contributed by atoms with Crippen molar-refractivity contribution in [3.63, 3.8) is 0 Å². The molecule has 0 unspecified atom stereocenters. The maximum atomic E-state index is 12.3. The zero-order chi connectivity index (χ0) is 19.3. The number of thiophene rings is 1. The zero-order valence-electron chi connectivity index (χ0n) is 14.6. The summed E-state index contributed by atoms with van der Waals surface area (Å²) in [6.45, 7) is 1.65. The molecule has 3 rings (SSSR count). The van der Waals surface area contributed by atoms with Gasteiger partial charge in [0, 0.05) is 19.6 Å². The first kappa shape index (κ1) is 20.3. The van der Waals surface area contributed by atoms with E-state index >= 15 is 0 Å². The molecule has 1 N–H and O–H groups in total. The van der Waals surface area contributed by atoms with E-state index in [0.29, 0.717) is 29.6 Å². The van der Waals surface area contributed by atoms with E-state index in [1.807, 2.05) is 30.3 Å². The number of ether oxygens (including phenoxy) is 1. The Labute approximate surface area is 171 Å². The zero-order valence-corrected chi connectivity index (χ0v) is 17.9. The first-order valence-corrected chi connectivity index (χ1v) is 11.7. The van der Waals surface area contributed by atoms with Crippen LogP contribution in [0.4, 0.5) is 0 Å². The molecule has 0 radical (unpaired) electrons. The molecule has 1 aliphatic heterocycles. The van der Waals surface area contributed by atoms with Gasteiger partial charge in [0.25, 0.3) is 5.91 Å². The predicted octanol–water partition coefficient (Wildman–Crippen LogP) is 3.11. The molecule has 27 heavy (non-hydrogen) atoms. The molecule has 6 nitrogen and oxygen atoms in total. The molecule has 146 valence electrons. The van der Waals surface area contributed by atoms with E-state index in [0.717, 1.165) is 16.6 Å². The van der Waals surface area contributed by atoms with Crippen molar-refractivity contribution in [1.29, 1.82) is 0 Å². The number of piperidine rings is 1. The van der Waals surface area contributed by atoms with Crippen molar-refractivity contribution in [2.24, 2.45) is 5.92 Å². The Morgan fingerprint density at radius 1 is 1.19 bits per heavy atom. The Morgan fingerprint density at radius 2 is 1.89 bits per heavy atom. The maximum absolute atomic E-state index is 12.3. The standard InChI is InChI=1S/C18H21BrN2O4S2/c19-16-6-7-18(26-16)27(23,24)20-12-14-8-10-21(11-9-14)17(22)13-25-15-4-2-1-3-5-15/h1-7,14,20H,8-13H2. The molecule has 2 aromatic rings. The second kappa shape index (κ2) is 9.18. The lowest BCUT2D eigenvalue weighted by atomic mass is 9.97. The summed E-state index contributed by atoms with van der Waals surface area (Å²) in [6.07, 6.45) is 1.54. The number of carbonyl (C=O) groups is 1. The number of hydrogen-bond donors (Lipinski definition) is 1. The summed E-state index contributed by atoms with van der Waals surface area (Å²) in [5, 5.41) is 0. The minimum absolute atomic E-state index is 0.0224. The molecule has 1 aromatic carbocycles. The molecule has 1 saturated heterocycles. The number of nitrogens with zero attached hydrogens (tertiary/aromatic N) is 1. The lowest BCUT2D eigenvalue weighted by molar-refractivity contribution is -0.134. The fraction of sp³-hybridized carbons (Fsp3) is 0.389. The van der Waals surface area contributed by atoms with Crippen LogP contribution >= 0.6 is 27.3 Å². The summed E-state index contributed by atoms with van der Waals surface area (Å²) in [4.78, 5) is 14.1. The van der Waals surface area contributed by atoms with Crippen molar-refractivity contribution in [1.82, 2.24) is 9.62 Å². The van der Waals surface area contributed by atoms with Crippen molar-refractivity contribution < 1.29 is 17.9 Å². The number of amides is 1. The minimum Gasteiger partial charge on any atom is -0.484 e. The van der Waals surface area contributed by atoms with Crippen molar-refractivity contribution in [3.05, 3.63) is 46.3 Å². The summed E-state index contributed by atoms with van der Waals surface area (Å²) in [7, 11) is -3.47. The molecule has 0 aliphatic carbocycles. The van der Waals surface area contributed by atoms with Crippen molar-refractivity contribution in [3.8, 4) is 5.75 Å². The Hall–Kier alpha value is -1.42. The molecule has 9 heteroatoms. The molecule has 1 aliphatic rings. The third-order valence-corrected chi connectivity index (χ3v) is 7.99. The number of rotatable bonds is 7. The van der Waals surface area contributed by atoms with Crippen molar-refractivity contribution >= 4 is 43.2 Å². The highest BCUT2D eigenvalue weighted by Crippen LogP contribution is 2.26. The summed E-state index contributed by atoms with van der Waals surface area (Å²) in [5.74, 6) is 0.860. The average Bonchev–Trinajstić information content (AvgIpc) is 3.13. The fourth-order valence-electron chi connectivity index (χ4n) is 2.88. The van der Waals surface area contributed by atoms with Gasteiger partial charge in [0.15, 0.2) is 6.61 Å². The van der Waals surface area contributed by atoms with Crippen LogP contribution in [0, 0.1) is 5.92 Å². The summed E-state index contributed by atoms with van der Waals surface area (Å²) >= 11 is 4.47. The molecular weight excluding hydrogens is 452 g/mol. The molecule has 1 fully saturated rings. The van der Waals surface area contributed by atoms with Gasteiger partial charge in [-0.05, 0) is 59.0 Å². The van der Waals surface area contributed by atoms with E-state index in [2.05, 4.69) is 20.7 Å². The maximum Gasteiger partial charge on any atom is 0.260 e. The fourth-order valence-corrected chi connectivity index (χ4v) is 6.05. The topological polar surface area (TPSA) is 75.7 Å². The summed E-state index contributed by atoms with van der Waals surface area (Å²) in [5.41, 5.74) is 0. The highest BCUT2D eigenvalue weighted by molar-refractivity contribution is 9.11. The quantitative estimate of drug-likeness (QED) is 0.671. The monoisotopic (exact) mass is 472 g/mol. The molecular formula is C18H21BrN2O4S2. The number of carbonyl (C=O) groups excluding carboxylic acids is 1. The van der Waals surface area contributed by atoms with E-state index in [-0.39, 0.29) is 18.4 Å². The van der Waals surface area contributed by atoms with Crippen LogP contribution in [0.2, 0.25) is 0 Å². The lowest BCUT2D eigenvalue weighted by Gasteiger charge is -2.32. The smallest absolute Gasteiger partial charge is 0.260 e. The lowest BCUT2D eigenvalue weighted by Crippen LogP contribution is -2.43. The summed E-state index contributed by atoms with van der Waals surface area (Å²) in [6, 6.07) is 12.6. The number of para-hydroxylation sites is 1. The number of nitrogens with one attached hydrogen (secondary N) is 1. The number of benzene rings is 1. The van der Waals surface area contributed by atoms with Gasteiger partial charge in [-0.1, -0.05) is 18.2 Å². The van der Waals surface area contributed by atoms with E-state index in [1.54, 1.807) is 17.0 Å². The number of likely N-dealkylation sites (tertiary alicyclic amines) is 1. The van der Waals surface area contributed by atoms with Crippen LogP contribution in [-0.4, -0.2) is 45.5 Å². The van der Waals surface area contributed by atoms with Crippen LogP contribution < -0.4 is 9.46 Å². The number of halogens is 1. The van der Waals surface area contributed by atoms with Crippen LogP contribution in [-0.2, 0) is 14.8 Å². The predicted molar refractivity (Wildman–Crippen MR) is 108 cm³/mol. The van der Waals surface area contributed by atoms with Gasteiger partial charge in [0.1, 0.15) is 9.96 Å². The van der Waals surface area contributed by atoms with Gasteiger partial charge in [-0.15, -0.1) is 11.3 Å². The largest absolute Gasteiger partial charge is 0.484 e. The van der Waals surface area contributed by atoms with Gasteiger partial charge < -0.3 is 9.64 Å². The molecule has 0 bridgehead atoms. The van der Waals surface area contributed by atoms with Gasteiger partial charge in [0.2, 0.25) is 10.0 Å². The molecule has 0 atom stereocenters. The van der Waals surface area contributed by atoms with Crippen LogP contribution in [0.25, 0.3) is 0 Å². The first-order chi connectivity index (χ1) is 12.9. The molecule has 0 spiro atoms. The SMILES string of the molecule is O=C(COc1ccccc1)N1CCC(CNS(=O)(=O)c2ccc(Br)s2)CC1. The Kier molecular flexibility index (Phi) is 6.91. The highest BCUT2D eigenvalue weighted by atomic mass is 79.9. The Bertz CT molecular complexity index is 862. The number of sulfonamides is 1. The normalized spacial score (nSPS) is 15.7. The van der Waals surface area contributed by atoms with Gasteiger partial charge in [-0.3, -0.25) is 4.79 Å². The van der Waals surface area contributed by atoms with Gasteiger partial charge in [-0.2, -0.15) is 0 Å². The molecule has 0 saturated carbocycles. The third kappa shape index (κ3) is 5.78. The van der Waals surface area contributed by atoms with E-state index < -0.39 is 10.0 Å². The molecule has 1 aromatic heterocycles. The second-order valence-electron chi connectivity index (χ2n) is 6.34. The van der Waals surface area contributed by atoms with Crippen molar-refractivity contribution in [2.75, 3.05) is 26.2 Å². The van der Waals surface area contributed by atoms with E-state index in [9.17, 15) is 13.2 Å². The minimum atomic E-state index is -3.47. The summed E-state index contributed by atoms with van der Waals surface area (Å²) < 4.78 is 33.8. The van der Waals surface area contributed by atoms with Gasteiger partial charge in [0.05, 0.1) is 3.79 Å². The Balaban J connectivity index is 1.41. The first-order valence-electron chi connectivity index (χ1n) is 8.65. The van der Waals surface area contributed by atoms with Crippen molar-refractivity contribution in [2.45, 2.75) is 17.1 Å². The van der Waals surface area contributed by atoms with Gasteiger partial charge in [-0.25, -0.2) is 13.1 Å². The molecule has 2 heterocycles. The van der Waals surface area contributed by atoms with Crippen LogP contribution in [0.1, 0.15) is 12.8 Å². The van der Waals surface area contributed by atoms with Gasteiger partial charge >= 0.3 is 0 Å². The number of hydrogen-bond acceptors (Lipinski definition) is 5. The second-order valence-corrected chi connectivity index (χ2v) is 10.8. The van der Waals surface area contributed by atoms with E-state index in [1.165, 1.54) is 11.3 Å². The van der Waals surface area contributed by atoms with Crippen LogP contribution in [0.15, 0.2) is 50.5 Å². The highest BCUT2D eigenvalue weighted by Gasteiger charge is 2.25. The Morgan fingerprint density at radius 3 is 2.52 bits per heavy atom. The van der Waals surface area contributed by atoms with E-state index in [4.69, 9.17) is 4.74 Å². The third-order valence-electron chi connectivity index (χ3n) is 4.45. The van der Waals surface area contributed by atoms with Crippen LogP contribution in [0.3, 0.4) is 0 Å². The van der Waals surface area contributed by atoms with Crippen LogP contribution in [0.5, 0.6) is 5.75 Å². The average molecular weight is 473 g/mol. The molecule has 1 amide bonds.